The van der Waals surface area contributed by atoms with Crippen molar-refractivity contribution in [2.75, 3.05) is 31.1 Å². The van der Waals surface area contributed by atoms with Gasteiger partial charge in [0.2, 0.25) is 11.8 Å². The highest BCUT2D eigenvalue weighted by Crippen LogP contribution is 2.18. The monoisotopic (exact) mass is 330 g/mol. The minimum Gasteiger partial charge on any atom is -0.357 e. The van der Waals surface area contributed by atoms with Crippen LogP contribution in [0.2, 0.25) is 0 Å². The molecule has 0 bridgehead atoms. The first kappa shape index (κ1) is 16.7. The molecule has 0 aromatic carbocycles. The van der Waals surface area contributed by atoms with Gasteiger partial charge in [0.05, 0.1) is 6.54 Å². The van der Waals surface area contributed by atoms with Crippen molar-refractivity contribution >= 4 is 17.6 Å². The van der Waals surface area contributed by atoms with Crippen LogP contribution in [0.5, 0.6) is 0 Å². The van der Waals surface area contributed by atoms with Crippen molar-refractivity contribution in [2.45, 2.75) is 45.1 Å². The maximum atomic E-state index is 12.2. The molecule has 6 nitrogen and oxygen atoms in total. The van der Waals surface area contributed by atoms with E-state index in [0.717, 1.165) is 43.7 Å². The number of nitrogens with zero attached hydrogens (tertiary/aromatic N) is 3. The Hall–Kier alpha value is -2.11. The average molecular weight is 330 g/mol. The number of rotatable bonds is 5. The smallest absolute Gasteiger partial charge is 0.239 e. The predicted octanol–water partition coefficient (Wildman–Crippen LogP) is 1.70. The van der Waals surface area contributed by atoms with Crippen LogP contribution in [0, 0.1) is 0 Å². The first-order valence-corrected chi connectivity index (χ1v) is 8.97. The molecular weight excluding hydrogens is 304 g/mol. The largest absolute Gasteiger partial charge is 0.357 e. The molecule has 0 radical (unpaired) electrons. The number of carbonyl (C=O) groups is 2. The lowest BCUT2D eigenvalue weighted by Gasteiger charge is -2.20. The quantitative estimate of drug-likeness (QED) is 0.892. The molecule has 0 saturated carbocycles. The molecular formula is C18H26N4O2. The molecule has 1 aromatic rings. The van der Waals surface area contributed by atoms with Crippen molar-refractivity contribution in [3.63, 3.8) is 0 Å². The molecule has 1 N–H and O–H groups in total. The molecule has 0 unspecified atom stereocenters. The fourth-order valence-electron chi connectivity index (χ4n) is 3.33. The highest BCUT2D eigenvalue weighted by atomic mass is 16.2. The number of hydrogen-bond donors (Lipinski definition) is 1. The second-order valence-corrected chi connectivity index (χ2v) is 6.62. The van der Waals surface area contributed by atoms with Crippen LogP contribution in [0.15, 0.2) is 18.3 Å². The van der Waals surface area contributed by atoms with Crippen LogP contribution < -0.4 is 10.2 Å². The maximum Gasteiger partial charge on any atom is 0.239 e. The second kappa shape index (κ2) is 8.13. The second-order valence-electron chi connectivity index (χ2n) is 6.62. The topological polar surface area (TPSA) is 65.5 Å². The van der Waals surface area contributed by atoms with Crippen molar-refractivity contribution in [3.8, 4) is 0 Å². The van der Waals surface area contributed by atoms with Gasteiger partial charge in [-0.1, -0.05) is 6.42 Å². The molecule has 2 amide bonds. The number of carbonyl (C=O) groups excluding carboxylic acids is 2. The van der Waals surface area contributed by atoms with Gasteiger partial charge in [-0.3, -0.25) is 9.59 Å². The Labute approximate surface area is 143 Å². The van der Waals surface area contributed by atoms with Gasteiger partial charge in [-0.15, -0.1) is 0 Å². The number of aromatic nitrogens is 1. The number of anilines is 1. The van der Waals surface area contributed by atoms with E-state index in [4.69, 9.17) is 0 Å². The van der Waals surface area contributed by atoms with Crippen molar-refractivity contribution in [1.29, 1.82) is 0 Å². The zero-order chi connectivity index (χ0) is 16.8. The van der Waals surface area contributed by atoms with E-state index >= 15 is 0 Å². The van der Waals surface area contributed by atoms with Crippen LogP contribution in [-0.2, 0) is 16.1 Å². The third-order valence-corrected chi connectivity index (χ3v) is 4.74. The Kier molecular flexibility index (Phi) is 5.67. The minimum atomic E-state index is -0.0928. The van der Waals surface area contributed by atoms with E-state index in [2.05, 4.69) is 15.2 Å². The summed E-state index contributed by atoms with van der Waals surface area (Å²) < 4.78 is 0. The third-order valence-electron chi connectivity index (χ3n) is 4.74. The van der Waals surface area contributed by atoms with Crippen molar-refractivity contribution in [1.82, 2.24) is 15.2 Å². The summed E-state index contributed by atoms with van der Waals surface area (Å²) in [6.07, 6.45) is 7.79. The predicted molar refractivity (Wildman–Crippen MR) is 92.6 cm³/mol. The van der Waals surface area contributed by atoms with Crippen LogP contribution in [0.25, 0.3) is 0 Å². The summed E-state index contributed by atoms with van der Waals surface area (Å²) in [5, 5.41) is 2.93. The lowest BCUT2D eigenvalue weighted by molar-refractivity contribution is -0.135. The number of likely N-dealkylation sites (tertiary alicyclic amines) is 1. The Morgan fingerprint density at radius 1 is 1.12 bits per heavy atom. The van der Waals surface area contributed by atoms with Crippen LogP contribution in [0.1, 0.15) is 44.1 Å². The number of hydrogen-bond acceptors (Lipinski definition) is 4. The average Bonchev–Trinajstić information content (AvgIpc) is 3.06. The first-order valence-electron chi connectivity index (χ1n) is 8.97. The van der Waals surface area contributed by atoms with E-state index in [-0.39, 0.29) is 18.4 Å². The highest BCUT2D eigenvalue weighted by Gasteiger charge is 2.19. The number of pyridine rings is 1. The summed E-state index contributed by atoms with van der Waals surface area (Å²) in [5.74, 6) is 0.995. The van der Waals surface area contributed by atoms with E-state index in [1.54, 1.807) is 11.1 Å². The molecule has 1 aromatic heterocycles. The normalized spacial score (nSPS) is 18.6. The van der Waals surface area contributed by atoms with Crippen molar-refractivity contribution in [3.05, 3.63) is 23.9 Å². The summed E-state index contributed by atoms with van der Waals surface area (Å²) in [5.41, 5.74) is 1.04. The summed E-state index contributed by atoms with van der Waals surface area (Å²) in [4.78, 5) is 32.5. The molecule has 24 heavy (non-hydrogen) atoms. The Morgan fingerprint density at radius 3 is 2.75 bits per heavy atom. The summed E-state index contributed by atoms with van der Waals surface area (Å²) in [7, 11) is 0. The molecule has 2 saturated heterocycles. The van der Waals surface area contributed by atoms with Gasteiger partial charge in [-0.2, -0.15) is 0 Å². The number of amides is 2. The van der Waals surface area contributed by atoms with Crippen LogP contribution >= 0.6 is 0 Å². The van der Waals surface area contributed by atoms with E-state index in [0.29, 0.717) is 19.5 Å². The molecule has 0 atom stereocenters. The van der Waals surface area contributed by atoms with Gasteiger partial charge >= 0.3 is 0 Å². The van der Waals surface area contributed by atoms with Gasteiger partial charge in [0.15, 0.2) is 0 Å². The molecule has 2 aliphatic heterocycles. The van der Waals surface area contributed by atoms with E-state index in [9.17, 15) is 9.59 Å². The number of nitrogens with one attached hydrogen (secondary N) is 1. The van der Waals surface area contributed by atoms with E-state index in [1.165, 1.54) is 12.8 Å². The lowest BCUT2D eigenvalue weighted by atomic mass is 10.2. The maximum absolute atomic E-state index is 12.2. The van der Waals surface area contributed by atoms with Crippen LogP contribution in [-0.4, -0.2) is 47.9 Å². The zero-order valence-electron chi connectivity index (χ0n) is 14.2. The molecule has 3 heterocycles. The van der Waals surface area contributed by atoms with Crippen molar-refractivity contribution in [2.24, 2.45) is 0 Å². The van der Waals surface area contributed by atoms with Gasteiger partial charge in [0.1, 0.15) is 5.82 Å². The van der Waals surface area contributed by atoms with Gasteiger partial charge in [-0.25, -0.2) is 4.98 Å². The molecule has 3 rings (SSSR count). The molecule has 0 aliphatic carbocycles. The summed E-state index contributed by atoms with van der Waals surface area (Å²) in [6, 6.07) is 3.97. The first-order chi connectivity index (χ1) is 11.7. The van der Waals surface area contributed by atoms with E-state index < -0.39 is 0 Å². The fourth-order valence-corrected chi connectivity index (χ4v) is 3.33. The standard InChI is InChI=1S/C18H26N4O2/c23-17(14-22-11-3-1-2-6-18(22)24)20-13-15-7-8-19-16(12-15)21-9-4-5-10-21/h7-8,12H,1-6,9-11,13-14H2,(H,20,23). The van der Waals surface area contributed by atoms with Crippen LogP contribution in [0.4, 0.5) is 5.82 Å². The van der Waals surface area contributed by atoms with Gasteiger partial charge in [0.25, 0.3) is 0 Å². The Bertz CT molecular complexity index is 584. The van der Waals surface area contributed by atoms with Crippen molar-refractivity contribution < 1.29 is 9.59 Å². The van der Waals surface area contributed by atoms with Gasteiger partial charge in [-0.05, 0) is 43.4 Å². The molecule has 6 heteroatoms. The van der Waals surface area contributed by atoms with Crippen LogP contribution in [0.3, 0.4) is 0 Å². The third kappa shape index (κ3) is 4.46. The molecule has 2 aliphatic rings. The van der Waals surface area contributed by atoms with Gasteiger partial charge in [0, 0.05) is 38.8 Å². The zero-order valence-corrected chi connectivity index (χ0v) is 14.2. The Morgan fingerprint density at radius 2 is 1.92 bits per heavy atom. The fraction of sp³-hybridized carbons (Fsp3) is 0.611. The lowest BCUT2D eigenvalue weighted by Crippen LogP contribution is -2.40. The highest BCUT2D eigenvalue weighted by molar-refractivity contribution is 5.84. The minimum absolute atomic E-state index is 0.0928. The molecule has 130 valence electrons. The summed E-state index contributed by atoms with van der Waals surface area (Å²) in [6.45, 7) is 3.45. The van der Waals surface area contributed by atoms with E-state index in [1.807, 2.05) is 12.1 Å². The summed E-state index contributed by atoms with van der Waals surface area (Å²) >= 11 is 0. The molecule has 2 fully saturated rings. The molecule has 0 spiro atoms. The van der Waals surface area contributed by atoms with Gasteiger partial charge < -0.3 is 15.1 Å². The Balaban J connectivity index is 1.50. The SMILES string of the molecule is O=C(CN1CCCCCC1=O)NCc1ccnc(N2CCCC2)c1.